The first kappa shape index (κ1) is 16.7. The van der Waals surface area contributed by atoms with Crippen LogP contribution < -0.4 is 4.74 Å². The maximum Gasteiger partial charge on any atom is 0.154 e. The minimum atomic E-state index is -0.764. The van der Waals surface area contributed by atoms with Crippen LogP contribution in [-0.2, 0) is 5.60 Å². The average molecular weight is 383 g/mol. The van der Waals surface area contributed by atoms with E-state index in [1.165, 1.54) is 0 Å². The first-order chi connectivity index (χ1) is 11.6. The Labute approximate surface area is 150 Å². The minimum absolute atomic E-state index is 0.0918. The molecule has 0 bridgehead atoms. The summed E-state index contributed by atoms with van der Waals surface area (Å²) in [6, 6.07) is 25.9. The molecule has 0 spiro atoms. The lowest BCUT2D eigenvalue weighted by Gasteiger charge is -2.29. The molecule has 1 atom stereocenters. The molecule has 0 aliphatic heterocycles. The van der Waals surface area contributed by atoms with Crippen molar-refractivity contribution in [2.75, 3.05) is 6.61 Å². The molecule has 0 saturated carbocycles. The molecule has 0 amide bonds. The van der Waals surface area contributed by atoms with E-state index in [-0.39, 0.29) is 6.61 Å². The van der Waals surface area contributed by atoms with Crippen LogP contribution in [0.25, 0.3) is 11.1 Å². The number of benzene rings is 3. The highest BCUT2D eigenvalue weighted by Gasteiger charge is 2.27. The van der Waals surface area contributed by atoms with Crippen LogP contribution in [0, 0.1) is 0 Å². The average Bonchev–Trinajstić information content (AvgIpc) is 2.64. The number of ether oxygens (including phenoxy) is 1. The molecule has 0 aliphatic carbocycles. The van der Waals surface area contributed by atoms with E-state index in [9.17, 15) is 5.11 Å². The van der Waals surface area contributed by atoms with Crippen molar-refractivity contribution in [2.45, 2.75) is 12.5 Å². The summed E-state index contributed by atoms with van der Waals surface area (Å²) in [4.78, 5) is 0. The summed E-state index contributed by atoms with van der Waals surface area (Å²) in [6.07, 6.45) is 0. The minimum Gasteiger partial charge on any atom is -0.480 e. The van der Waals surface area contributed by atoms with Crippen molar-refractivity contribution in [2.24, 2.45) is 0 Å². The number of hydrogen-bond acceptors (Lipinski definition) is 2. The van der Waals surface area contributed by atoms with Gasteiger partial charge >= 0.3 is 0 Å². The molecule has 24 heavy (non-hydrogen) atoms. The molecule has 2 nitrogen and oxygen atoms in total. The molecule has 0 heterocycles. The Kier molecular flexibility index (Phi) is 5.03. The lowest BCUT2D eigenvalue weighted by Crippen LogP contribution is -2.33. The van der Waals surface area contributed by atoms with Crippen LogP contribution in [0.5, 0.6) is 5.75 Å². The summed E-state index contributed by atoms with van der Waals surface area (Å²) in [5.41, 5.74) is 2.46. The van der Waals surface area contributed by atoms with Crippen molar-refractivity contribution in [3.63, 3.8) is 0 Å². The van der Waals surface area contributed by atoms with Crippen molar-refractivity contribution in [1.82, 2.24) is 0 Å². The van der Waals surface area contributed by atoms with Gasteiger partial charge in [0, 0.05) is 4.47 Å². The Morgan fingerprint density at radius 1 is 0.833 bits per heavy atom. The SMILES string of the molecule is CC(CO)(Oc1ccc(-c2ccc(Br)cc2)cc1)c1ccccc1. The number of aliphatic hydroxyl groups is 1. The van der Waals surface area contributed by atoms with Crippen LogP contribution >= 0.6 is 15.9 Å². The molecule has 3 rings (SSSR count). The van der Waals surface area contributed by atoms with E-state index in [1.54, 1.807) is 0 Å². The Morgan fingerprint density at radius 3 is 1.92 bits per heavy atom. The molecule has 1 N–H and O–H groups in total. The highest BCUT2D eigenvalue weighted by Crippen LogP contribution is 2.30. The van der Waals surface area contributed by atoms with E-state index in [1.807, 2.05) is 73.7 Å². The van der Waals surface area contributed by atoms with Crippen LogP contribution in [0.15, 0.2) is 83.3 Å². The standard InChI is InChI=1S/C21H19BrO2/c1-21(15-23,18-5-3-2-4-6-18)24-20-13-9-17(10-14-20)16-7-11-19(22)12-8-16/h2-14,23H,15H2,1H3. The zero-order chi connectivity index (χ0) is 17.0. The Hall–Kier alpha value is -2.10. The molecule has 122 valence electrons. The van der Waals surface area contributed by atoms with E-state index in [0.717, 1.165) is 26.9 Å². The summed E-state index contributed by atoms with van der Waals surface area (Å²) in [7, 11) is 0. The van der Waals surface area contributed by atoms with Crippen LogP contribution in [-0.4, -0.2) is 11.7 Å². The molecule has 0 aromatic heterocycles. The van der Waals surface area contributed by atoms with Gasteiger partial charge < -0.3 is 9.84 Å². The Morgan fingerprint density at radius 2 is 1.38 bits per heavy atom. The maximum absolute atomic E-state index is 9.83. The Bertz CT molecular complexity index is 782. The highest BCUT2D eigenvalue weighted by atomic mass is 79.9. The van der Waals surface area contributed by atoms with Gasteiger partial charge in [-0.15, -0.1) is 0 Å². The van der Waals surface area contributed by atoms with E-state index in [4.69, 9.17) is 4.74 Å². The largest absolute Gasteiger partial charge is 0.480 e. The third-order valence-corrected chi connectivity index (χ3v) is 4.59. The summed E-state index contributed by atoms with van der Waals surface area (Å²) < 4.78 is 7.15. The summed E-state index contributed by atoms with van der Waals surface area (Å²) in [5, 5.41) is 9.83. The van der Waals surface area contributed by atoms with Crippen molar-refractivity contribution in [3.05, 3.63) is 88.9 Å². The molecule has 3 aromatic rings. The van der Waals surface area contributed by atoms with Gasteiger partial charge in [0.1, 0.15) is 5.75 Å². The van der Waals surface area contributed by atoms with Gasteiger partial charge in [0.15, 0.2) is 5.60 Å². The summed E-state index contributed by atoms with van der Waals surface area (Å²) in [5.74, 6) is 0.733. The third kappa shape index (κ3) is 3.69. The second-order valence-electron chi connectivity index (χ2n) is 5.89. The molecule has 0 radical (unpaired) electrons. The van der Waals surface area contributed by atoms with E-state index in [2.05, 4.69) is 28.1 Å². The zero-order valence-electron chi connectivity index (χ0n) is 13.4. The van der Waals surface area contributed by atoms with Crippen molar-refractivity contribution < 1.29 is 9.84 Å². The number of hydrogen-bond donors (Lipinski definition) is 1. The van der Waals surface area contributed by atoms with Gasteiger partial charge in [-0.1, -0.05) is 70.5 Å². The van der Waals surface area contributed by atoms with Crippen LogP contribution in [0.2, 0.25) is 0 Å². The lowest BCUT2D eigenvalue weighted by atomic mass is 9.96. The van der Waals surface area contributed by atoms with Crippen LogP contribution in [0.4, 0.5) is 0 Å². The monoisotopic (exact) mass is 382 g/mol. The summed E-state index contributed by atoms with van der Waals surface area (Å²) >= 11 is 3.45. The van der Waals surface area contributed by atoms with Gasteiger partial charge in [0.05, 0.1) is 6.61 Å². The van der Waals surface area contributed by atoms with Gasteiger partial charge in [0.25, 0.3) is 0 Å². The maximum atomic E-state index is 9.83. The topological polar surface area (TPSA) is 29.5 Å². The fourth-order valence-electron chi connectivity index (χ4n) is 2.59. The zero-order valence-corrected chi connectivity index (χ0v) is 15.0. The van der Waals surface area contributed by atoms with Gasteiger partial charge in [-0.3, -0.25) is 0 Å². The molecule has 0 aliphatic rings. The second-order valence-corrected chi connectivity index (χ2v) is 6.80. The molecular formula is C21H19BrO2. The Balaban J connectivity index is 1.81. The van der Waals surface area contributed by atoms with Crippen molar-refractivity contribution in [1.29, 1.82) is 0 Å². The van der Waals surface area contributed by atoms with Gasteiger partial charge in [-0.05, 0) is 47.9 Å². The second kappa shape index (κ2) is 7.20. The smallest absolute Gasteiger partial charge is 0.154 e. The molecule has 3 heteroatoms. The normalized spacial score (nSPS) is 13.3. The highest BCUT2D eigenvalue weighted by molar-refractivity contribution is 9.10. The quantitative estimate of drug-likeness (QED) is 0.639. The fourth-order valence-corrected chi connectivity index (χ4v) is 2.86. The predicted octanol–water partition coefficient (Wildman–Crippen LogP) is 5.40. The molecule has 3 aromatic carbocycles. The molecular weight excluding hydrogens is 364 g/mol. The fraction of sp³-hybridized carbons (Fsp3) is 0.143. The number of aliphatic hydroxyl groups excluding tert-OH is 1. The van der Waals surface area contributed by atoms with E-state index < -0.39 is 5.60 Å². The molecule has 0 saturated heterocycles. The van der Waals surface area contributed by atoms with Crippen molar-refractivity contribution in [3.8, 4) is 16.9 Å². The van der Waals surface area contributed by atoms with E-state index in [0.29, 0.717) is 0 Å². The summed E-state index contributed by atoms with van der Waals surface area (Å²) in [6.45, 7) is 1.80. The van der Waals surface area contributed by atoms with Crippen LogP contribution in [0.1, 0.15) is 12.5 Å². The molecule has 1 unspecified atom stereocenters. The lowest BCUT2D eigenvalue weighted by molar-refractivity contribution is 0.0217. The number of rotatable bonds is 5. The van der Waals surface area contributed by atoms with Gasteiger partial charge in [-0.25, -0.2) is 0 Å². The molecule has 0 fully saturated rings. The van der Waals surface area contributed by atoms with E-state index >= 15 is 0 Å². The number of halogens is 1. The first-order valence-corrected chi connectivity index (χ1v) is 8.61. The third-order valence-electron chi connectivity index (χ3n) is 4.06. The predicted molar refractivity (Wildman–Crippen MR) is 101 cm³/mol. The van der Waals surface area contributed by atoms with Gasteiger partial charge in [-0.2, -0.15) is 0 Å². The van der Waals surface area contributed by atoms with Crippen LogP contribution in [0.3, 0.4) is 0 Å². The van der Waals surface area contributed by atoms with Gasteiger partial charge in [0.2, 0.25) is 0 Å². The van der Waals surface area contributed by atoms with Crippen molar-refractivity contribution >= 4 is 15.9 Å². The first-order valence-electron chi connectivity index (χ1n) is 7.82.